The fourth-order valence-corrected chi connectivity index (χ4v) is 3.82. The molecule has 0 bridgehead atoms. The maximum atomic E-state index is 11.9. The second-order valence-electron chi connectivity index (χ2n) is 5.74. The van der Waals surface area contributed by atoms with E-state index in [9.17, 15) is 14.7 Å². The summed E-state index contributed by atoms with van der Waals surface area (Å²) in [5.41, 5.74) is -1.05. The third-order valence-electron chi connectivity index (χ3n) is 3.59. The average Bonchev–Trinajstić information content (AvgIpc) is 2.59. The van der Waals surface area contributed by atoms with E-state index < -0.39 is 19.2 Å². The van der Waals surface area contributed by atoms with Crippen LogP contribution in [0.3, 0.4) is 0 Å². The molecule has 0 unspecified atom stereocenters. The second-order valence-corrected chi connectivity index (χ2v) is 8.82. The Labute approximate surface area is 164 Å². The molecular formula is C17H14Cl2N3O4P. The average molecular weight is 426 g/mol. The normalized spacial score (nSPS) is 11.0. The molecule has 3 aromatic rings. The number of aromatic amines is 1. The third kappa shape index (κ3) is 4.16. The van der Waals surface area contributed by atoms with Crippen LogP contribution in [0.25, 0.3) is 5.69 Å². The molecule has 0 atom stereocenters. The van der Waals surface area contributed by atoms with Gasteiger partial charge < -0.3 is 9.84 Å². The van der Waals surface area contributed by atoms with Crippen LogP contribution in [0, 0.1) is 0 Å². The summed E-state index contributed by atoms with van der Waals surface area (Å²) in [5, 5.41) is 14.8. The van der Waals surface area contributed by atoms with Crippen molar-refractivity contribution in [3.05, 3.63) is 67.4 Å². The smallest absolute Gasteiger partial charge is 0.349 e. The second kappa shape index (κ2) is 7.72. The van der Waals surface area contributed by atoms with Gasteiger partial charge in [-0.1, -0.05) is 31.1 Å². The van der Waals surface area contributed by atoms with E-state index in [-0.39, 0.29) is 27.2 Å². The van der Waals surface area contributed by atoms with E-state index in [4.69, 9.17) is 27.9 Å². The van der Waals surface area contributed by atoms with Crippen molar-refractivity contribution in [3.8, 4) is 22.9 Å². The van der Waals surface area contributed by atoms with Crippen molar-refractivity contribution in [1.82, 2.24) is 14.8 Å². The monoisotopic (exact) mass is 425 g/mol. The van der Waals surface area contributed by atoms with Gasteiger partial charge in [0.25, 0.3) is 5.56 Å². The number of aromatic nitrogens is 3. The number of phenolic OH excluding ortho intramolecular Hbond substituents is 1. The molecule has 0 saturated heterocycles. The lowest BCUT2D eigenvalue weighted by atomic mass is 10.3. The molecule has 1 heterocycles. The maximum Gasteiger partial charge on any atom is 0.349 e. The Bertz CT molecular complexity index is 1100. The van der Waals surface area contributed by atoms with Gasteiger partial charge in [-0.25, -0.2) is 4.79 Å². The van der Waals surface area contributed by atoms with Crippen molar-refractivity contribution in [2.75, 3.05) is 13.3 Å². The maximum absolute atomic E-state index is 11.9. The Balaban J connectivity index is 2.00. The molecule has 0 saturated carbocycles. The lowest BCUT2D eigenvalue weighted by Gasteiger charge is -2.14. The molecule has 3 rings (SSSR count). The zero-order valence-corrected chi connectivity index (χ0v) is 16.6. The van der Waals surface area contributed by atoms with Crippen LogP contribution in [0.2, 0.25) is 10.0 Å². The van der Waals surface area contributed by atoms with Crippen LogP contribution in [0.1, 0.15) is 0 Å². The summed E-state index contributed by atoms with van der Waals surface area (Å²) >= 11 is 12.6. The van der Waals surface area contributed by atoms with Gasteiger partial charge >= 0.3 is 5.69 Å². The first-order chi connectivity index (χ1) is 12.8. The van der Waals surface area contributed by atoms with Crippen molar-refractivity contribution >= 4 is 36.4 Å². The third-order valence-corrected chi connectivity index (χ3v) is 5.47. The predicted molar refractivity (Wildman–Crippen MR) is 107 cm³/mol. The zero-order valence-electron chi connectivity index (χ0n) is 14.2. The number of nitrogens with one attached hydrogen (secondary N) is 1. The molecule has 0 aliphatic carbocycles. The van der Waals surface area contributed by atoms with E-state index in [1.54, 1.807) is 18.2 Å². The summed E-state index contributed by atoms with van der Waals surface area (Å²) in [7, 11) is -0.536. The highest BCUT2D eigenvalue weighted by atomic mass is 35.5. The predicted octanol–water partition coefficient (Wildman–Crippen LogP) is 3.09. The number of ether oxygens (including phenoxy) is 1. The number of hydrogen-bond donors (Lipinski definition) is 2. The Morgan fingerprint density at radius 1 is 1.15 bits per heavy atom. The summed E-state index contributed by atoms with van der Waals surface area (Å²) < 4.78 is 6.76. The molecule has 140 valence electrons. The van der Waals surface area contributed by atoms with Crippen LogP contribution < -0.4 is 21.3 Å². The molecule has 0 fully saturated rings. The molecule has 0 aliphatic rings. The molecule has 0 radical (unpaired) electrons. The first-order valence-electron chi connectivity index (χ1n) is 7.62. The summed E-state index contributed by atoms with van der Waals surface area (Å²) in [6.45, 7) is 4.02. The van der Waals surface area contributed by atoms with Crippen LogP contribution in [0.4, 0.5) is 0 Å². The number of hydrogen-bond acceptors (Lipinski definition) is 5. The van der Waals surface area contributed by atoms with Gasteiger partial charge in [-0.15, -0.1) is 0 Å². The van der Waals surface area contributed by atoms with Crippen molar-refractivity contribution in [2.45, 2.75) is 0 Å². The minimum atomic E-state index is -0.717. The van der Waals surface area contributed by atoms with Crippen molar-refractivity contribution in [1.29, 1.82) is 0 Å². The first kappa shape index (κ1) is 19.4. The lowest BCUT2D eigenvalue weighted by Crippen LogP contribution is -2.30. The summed E-state index contributed by atoms with van der Waals surface area (Å²) in [4.78, 5) is 25.1. The van der Waals surface area contributed by atoms with Crippen LogP contribution >= 0.6 is 31.1 Å². The molecule has 27 heavy (non-hydrogen) atoms. The number of phenols is 1. The number of H-pyrrole nitrogens is 1. The van der Waals surface area contributed by atoms with Gasteiger partial charge in [0.2, 0.25) is 0 Å². The van der Waals surface area contributed by atoms with E-state index in [0.29, 0.717) is 5.75 Å². The Kier molecular flexibility index (Phi) is 5.56. The topological polar surface area (TPSA) is 97.2 Å². The van der Waals surface area contributed by atoms with Gasteiger partial charge in [-0.3, -0.25) is 9.78 Å². The van der Waals surface area contributed by atoms with Crippen LogP contribution in [-0.4, -0.2) is 33.2 Å². The van der Waals surface area contributed by atoms with E-state index in [1.807, 2.05) is 13.3 Å². The quantitative estimate of drug-likeness (QED) is 0.625. The number of rotatable bonds is 4. The van der Waals surface area contributed by atoms with E-state index >= 15 is 0 Å². The van der Waals surface area contributed by atoms with Crippen LogP contribution in [-0.2, 0) is 0 Å². The summed E-state index contributed by atoms with van der Waals surface area (Å²) in [5.74, 6) is 0.872. The number of benzene rings is 2. The Hall–Kier alpha value is -2.34. The number of nitrogens with zero attached hydrogens (tertiary/aromatic N) is 2. The van der Waals surface area contributed by atoms with Gasteiger partial charge in [0.1, 0.15) is 17.7 Å². The number of aromatic hydroxyl groups is 1. The molecule has 2 N–H and O–H groups in total. The molecule has 0 aliphatic heterocycles. The highest BCUT2D eigenvalue weighted by Crippen LogP contribution is 2.39. The van der Waals surface area contributed by atoms with Gasteiger partial charge in [-0.2, -0.15) is 9.78 Å². The van der Waals surface area contributed by atoms with E-state index in [0.717, 1.165) is 16.2 Å². The van der Waals surface area contributed by atoms with Crippen LogP contribution in [0.15, 0.2) is 46.1 Å². The molecule has 2 aromatic carbocycles. The molecule has 1 aromatic heterocycles. The fourth-order valence-electron chi connectivity index (χ4n) is 2.35. The van der Waals surface area contributed by atoms with Crippen LogP contribution in [0.5, 0.6) is 17.2 Å². The van der Waals surface area contributed by atoms with Gasteiger partial charge in [0, 0.05) is 5.30 Å². The standard InChI is InChI=1S/C17H14Cl2N3O4P/c1-27(2)14-7-10(3-4-13(14)23)26-16-11(18)5-9(6-12(16)19)22-17(25)21-15(24)8-20-22/h3-8,23H,1-2H3,(H,21,24,25). The van der Waals surface area contributed by atoms with Crippen molar-refractivity contribution in [2.24, 2.45) is 0 Å². The molecular weight excluding hydrogens is 412 g/mol. The largest absolute Gasteiger partial charge is 0.507 e. The summed E-state index contributed by atoms with van der Waals surface area (Å²) in [6.07, 6.45) is 0.972. The van der Waals surface area contributed by atoms with E-state index in [1.165, 1.54) is 12.1 Å². The molecule has 10 heteroatoms. The Morgan fingerprint density at radius 2 is 1.81 bits per heavy atom. The zero-order chi connectivity index (χ0) is 19.7. The number of halogens is 2. The SMILES string of the molecule is CP(C)c1cc(Oc2c(Cl)cc(-n3ncc(=O)[nH]c3=O)cc2Cl)ccc1O. The fraction of sp³-hybridized carbons (Fsp3) is 0.118. The summed E-state index contributed by atoms with van der Waals surface area (Å²) in [6, 6.07) is 7.78. The molecule has 7 nitrogen and oxygen atoms in total. The van der Waals surface area contributed by atoms with Gasteiger partial charge in [0.15, 0.2) is 5.75 Å². The lowest BCUT2D eigenvalue weighted by molar-refractivity contribution is 0.468. The van der Waals surface area contributed by atoms with Crippen molar-refractivity contribution in [3.63, 3.8) is 0 Å². The van der Waals surface area contributed by atoms with Gasteiger partial charge in [0.05, 0.1) is 15.7 Å². The highest BCUT2D eigenvalue weighted by Gasteiger charge is 2.15. The van der Waals surface area contributed by atoms with E-state index in [2.05, 4.69) is 10.1 Å². The van der Waals surface area contributed by atoms with Gasteiger partial charge in [-0.05, 0) is 43.7 Å². The molecule has 0 amide bonds. The molecule has 0 spiro atoms. The minimum Gasteiger partial charge on any atom is -0.507 e. The Morgan fingerprint density at radius 3 is 2.41 bits per heavy atom. The minimum absolute atomic E-state index is 0.155. The first-order valence-corrected chi connectivity index (χ1v) is 10.6. The highest BCUT2D eigenvalue weighted by molar-refractivity contribution is 7.64. The van der Waals surface area contributed by atoms with Crippen molar-refractivity contribution < 1.29 is 9.84 Å².